The predicted octanol–water partition coefficient (Wildman–Crippen LogP) is 2.61. The Balaban J connectivity index is 1.32. The molecule has 2 heterocycles. The Labute approximate surface area is 178 Å². The monoisotopic (exact) mass is 420 g/mol. The topological polar surface area (TPSA) is 114 Å². The molecule has 3 aromatic rings. The lowest BCUT2D eigenvalue weighted by Crippen LogP contribution is -2.48. The van der Waals surface area contributed by atoms with E-state index in [4.69, 9.17) is 5.26 Å². The molecule has 2 aromatic carbocycles. The quantitative estimate of drug-likeness (QED) is 0.564. The molecule has 1 fully saturated rings. The van der Waals surface area contributed by atoms with E-state index in [2.05, 4.69) is 25.5 Å². The number of aromatic amines is 1. The zero-order valence-corrected chi connectivity index (χ0v) is 16.9. The number of rotatable bonds is 3. The van der Waals surface area contributed by atoms with Gasteiger partial charge < -0.3 is 20.5 Å². The number of carbonyl (C=O) groups is 2. The summed E-state index contributed by atoms with van der Waals surface area (Å²) in [6.45, 7) is 2.97. The number of aryl methyl sites for hydroxylation is 1. The third-order valence-corrected chi connectivity index (χ3v) is 5.40. The highest BCUT2D eigenvalue weighted by Gasteiger charge is 2.25. The molecule has 0 atom stereocenters. The van der Waals surface area contributed by atoms with Crippen molar-refractivity contribution < 1.29 is 14.0 Å². The number of halogens is 1. The van der Waals surface area contributed by atoms with E-state index in [0.29, 0.717) is 31.5 Å². The van der Waals surface area contributed by atoms with Crippen molar-refractivity contribution in [1.82, 2.24) is 15.3 Å². The summed E-state index contributed by atoms with van der Waals surface area (Å²) in [5.41, 5.74) is 2.34. The largest absolute Gasteiger partial charge is 0.345 e. The fourth-order valence-electron chi connectivity index (χ4n) is 3.65. The van der Waals surface area contributed by atoms with E-state index < -0.39 is 17.6 Å². The van der Waals surface area contributed by atoms with Crippen LogP contribution in [0.5, 0.6) is 0 Å². The van der Waals surface area contributed by atoms with Gasteiger partial charge in [-0.15, -0.1) is 0 Å². The first-order valence-corrected chi connectivity index (χ1v) is 9.96. The second-order valence-corrected chi connectivity index (χ2v) is 7.53. The summed E-state index contributed by atoms with van der Waals surface area (Å²) in [5, 5.41) is 14.2. The Morgan fingerprint density at radius 3 is 2.68 bits per heavy atom. The zero-order chi connectivity index (χ0) is 22.0. The molecule has 31 heavy (non-hydrogen) atoms. The molecular weight excluding hydrogens is 399 g/mol. The molecule has 0 unspecified atom stereocenters. The summed E-state index contributed by atoms with van der Waals surface area (Å²) in [6, 6.07) is 11.8. The number of hydrogen-bond donors (Lipinski definition) is 3. The second kappa shape index (κ2) is 8.44. The number of H-pyrrole nitrogens is 1. The van der Waals surface area contributed by atoms with Crippen LogP contribution in [0.3, 0.4) is 0 Å². The SMILES string of the molecule is Cc1cc(F)c(C#N)cc1NC(=O)C(=O)NC1CCN(c2nc3ccccc3[nH]2)CC1. The van der Waals surface area contributed by atoms with Gasteiger partial charge in [0, 0.05) is 24.8 Å². The van der Waals surface area contributed by atoms with Crippen molar-refractivity contribution in [1.29, 1.82) is 5.26 Å². The number of para-hydroxylation sites is 2. The van der Waals surface area contributed by atoms with Crippen LogP contribution >= 0.6 is 0 Å². The number of carbonyl (C=O) groups excluding carboxylic acids is 2. The number of anilines is 2. The van der Waals surface area contributed by atoms with E-state index in [-0.39, 0.29) is 17.3 Å². The van der Waals surface area contributed by atoms with Crippen LogP contribution in [0.25, 0.3) is 11.0 Å². The summed E-state index contributed by atoms with van der Waals surface area (Å²) in [7, 11) is 0. The van der Waals surface area contributed by atoms with E-state index >= 15 is 0 Å². The minimum atomic E-state index is -0.849. The van der Waals surface area contributed by atoms with E-state index in [9.17, 15) is 14.0 Å². The van der Waals surface area contributed by atoms with Gasteiger partial charge in [0.25, 0.3) is 0 Å². The van der Waals surface area contributed by atoms with Gasteiger partial charge >= 0.3 is 11.8 Å². The number of hydrogen-bond acceptors (Lipinski definition) is 5. The molecule has 3 N–H and O–H groups in total. The van der Waals surface area contributed by atoms with Crippen LogP contribution in [0.2, 0.25) is 0 Å². The third-order valence-electron chi connectivity index (χ3n) is 5.40. The maximum atomic E-state index is 13.6. The summed E-state index contributed by atoms with van der Waals surface area (Å²) < 4.78 is 13.6. The van der Waals surface area contributed by atoms with E-state index in [1.54, 1.807) is 13.0 Å². The number of benzene rings is 2. The van der Waals surface area contributed by atoms with Crippen molar-refractivity contribution >= 4 is 34.5 Å². The Bertz CT molecular complexity index is 1160. The first-order chi connectivity index (χ1) is 14.9. The van der Waals surface area contributed by atoms with Crippen molar-refractivity contribution in [3.63, 3.8) is 0 Å². The van der Waals surface area contributed by atoms with Crippen LogP contribution in [0.1, 0.15) is 24.0 Å². The molecule has 1 aromatic heterocycles. The lowest BCUT2D eigenvalue weighted by atomic mass is 10.1. The normalized spacial score (nSPS) is 14.3. The molecular formula is C22H21FN6O2. The lowest BCUT2D eigenvalue weighted by Gasteiger charge is -2.32. The maximum Gasteiger partial charge on any atom is 0.313 e. The molecule has 1 aliphatic heterocycles. The highest BCUT2D eigenvalue weighted by atomic mass is 19.1. The highest BCUT2D eigenvalue weighted by molar-refractivity contribution is 6.39. The Morgan fingerprint density at radius 1 is 1.23 bits per heavy atom. The second-order valence-electron chi connectivity index (χ2n) is 7.53. The number of nitriles is 1. The van der Waals surface area contributed by atoms with Crippen LogP contribution in [0.15, 0.2) is 36.4 Å². The average Bonchev–Trinajstić information content (AvgIpc) is 3.20. The number of fused-ring (bicyclic) bond motifs is 1. The number of imidazole rings is 1. The molecule has 0 aliphatic carbocycles. The fraction of sp³-hybridized carbons (Fsp3) is 0.273. The average molecular weight is 420 g/mol. The van der Waals surface area contributed by atoms with Crippen molar-refractivity contribution in [2.24, 2.45) is 0 Å². The molecule has 4 rings (SSSR count). The number of aromatic nitrogens is 2. The van der Waals surface area contributed by atoms with Gasteiger partial charge in [0.1, 0.15) is 11.9 Å². The molecule has 0 saturated carbocycles. The highest BCUT2D eigenvalue weighted by Crippen LogP contribution is 2.22. The standard InChI is InChI=1S/C22H21FN6O2/c1-13-10-16(23)14(12-24)11-19(13)26-21(31)20(30)25-15-6-8-29(9-7-15)22-27-17-4-2-3-5-18(17)28-22/h2-5,10-11,15H,6-9H2,1H3,(H,25,30)(H,26,31)(H,27,28). The van der Waals surface area contributed by atoms with Crippen LogP contribution in [0.4, 0.5) is 16.0 Å². The number of nitrogens with one attached hydrogen (secondary N) is 3. The minimum absolute atomic E-state index is 0.136. The van der Waals surface area contributed by atoms with Gasteiger partial charge in [-0.1, -0.05) is 12.1 Å². The van der Waals surface area contributed by atoms with Gasteiger partial charge in [-0.25, -0.2) is 9.37 Å². The molecule has 8 nitrogen and oxygen atoms in total. The van der Waals surface area contributed by atoms with Gasteiger partial charge in [0.2, 0.25) is 5.95 Å². The van der Waals surface area contributed by atoms with Crippen molar-refractivity contribution in [3.8, 4) is 6.07 Å². The van der Waals surface area contributed by atoms with Gasteiger partial charge in [-0.2, -0.15) is 5.26 Å². The number of piperidine rings is 1. The van der Waals surface area contributed by atoms with Crippen molar-refractivity contribution in [3.05, 3.63) is 53.3 Å². The van der Waals surface area contributed by atoms with Crippen LogP contribution in [-0.2, 0) is 9.59 Å². The Hall–Kier alpha value is -3.93. The van der Waals surface area contributed by atoms with Crippen LogP contribution in [-0.4, -0.2) is 40.9 Å². The minimum Gasteiger partial charge on any atom is -0.345 e. The van der Waals surface area contributed by atoms with Gasteiger partial charge in [0.15, 0.2) is 0 Å². The molecule has 0 bridgehead atoms. The zero-order valence-electron chi connectivity index (χ0n) is 16.9. The smallest absolute Gasteiger partial charge is 0.313 e. The van der Waals surface area contributed by atoms with Crippen LogP contribution in [0, 0.1) is 24.1 Å². The molecule has 9 heteroatoms. The first kappa shape index (κ1) is 20.3. The number of amides is 2. The molecule has 158 valence electrons. The fourth-order valence-corrected chi connectivity index (χ4v) is 3.65. The molecule has 0 spiro atoms. The van der Waals surface area contributed by atoms with E-state index in [0.717, 1.165) is 23.0 Å². The van der Waals surface area contributed by atoms with E-state index in [1.807, 2.05) is 24.3 Å². The summed E-state index contributed by atoms with van der Waals surface area (Å²) in [5.74, 6) is -1.48. The van der Waals surface area contributed by atoms with Gasteiger partial charge in [-0.05, 0) is 49.6 Å². The summed E-state index contributed by atoms with van der Waals surface area (Å²) in [4.78, 5) is 34.6. The van der Waals surface area contributed by atoms with Gasteiger partial charge in [-0.3, -0.25) is 9.59 Å². The first-order valence-electron chi connectivity index (χ1n) is 9.96. The predicted molar refractivity (Wildman–Crippen MR) is 114 cm³/mol. The molecule has 0 radical (unpaired) electrons. The van der Waals surface area contributed by atoms with Gasteiger partial charge in [0.05, 0.1) is 16.6 Å². The lowest BCUT2D eigenvalue weighted by molar-refractivity contribution is -0.136. The third kappa shape index (κ3) is 4.33. The molecule has 2 amide bonds. The maximum absolute atomic E-state index is 13.6. The molecule has 1 aliphatic rings. The summed E-state index contributed by atoms with van der Waals surface area (Å²) >= 11 is 0. The van der Waals surface area contributed by atoms with Crippen LogP contribution < -0.4 is 15.5 Å². The number of nitrogens with zero attached hydrogens (tertiary/aromatic N) is 3. The summed E-state index contributed by atoms with van der Waals surface area (Å²) in [6.07, 6.45) is 1.34. The van der Waals surface area contributed by atoms with Crippen molar-refractivity contribution in [2.75, 3.05) is 23.3 Å². The Kier molecular flexibility index (Phi) is 5.54. The van der Waals surface area contributed by atoms with Crippen molar-refractivity contribution in [2.45, 2.75) is 25.8 Å². The Morgan fingerprint density at radius 2 is 1.97 bits per heavy atom. The molecule has 1 saturated heterocycles. The van der Waals surface area contributed by atoms with E-state index in [1.165, 1.54) is 6.07 Å².